The fourth-order valence-electron chi connectivity index (χ4n) is 1.22. The Morgan fingerprint density at radius 3 is 2.94 bits per heavy atom. The van der Waals surface area contributed by atoms with Crippen LogP contribution in [0.3, 0.4) is 0 Å². The average molecular weight is 310 g/mol. The molecule has 0 aliphatic heterocycles. The van der Waals surface area contributed by atoms with E-state index in [1.807, 2.05) is 0 Å². The molecule has 2 aromatic heterocycles. The standard InChI is InChI=1S/C11H8BrN3OS/c12-7-4-8(6-14-5-7)16-11-9(10(13)17)2-1-3-15-11/h1-6H,(H2,13,17). The second-order valence-electron chi connectivity index (χ2n) is 3.16. The van der Waals surface area contributed by atoms with Gasteiger partial charge < -0.3 is 10.5 Å². The fraction of sp³-hybridized carbons (Fsp3) is 0. The van der Waals surface area contributed by atoms with Crippen molar-refractivity contribution in [3.8, 4) is 11.6 Å². The molecular weight excluding hydrogens is 302 g/mol. The minimum Gasteiger partial charge on any atom is -0.437 e. The summed E-state index contributed by atoms with van der Waals surface area (Å²) < 4.78 is 6.40. The highest BCUT2D eigenvalue weighted by Crippen LogP contribution is 2.24. The molecule has 0 fully saturated rings. The molecule has 2 rings (SSSR count). The predicted molar refractivity (Wildman–Crippen MR) is 72.1 cm³/mol. The zero-order valence-corrected chi connectivity index (χ0v) is 11.0. The SMILES string of the molecule is NC(=S)c1cccnc1Oc1cncc(Br)c1. The number of aromatic nitrogens is 2. The van der Waals surface area contributed by atoms with Crippen molar-refractivity contribution < 1.29 is 4.74 Å². The van der Waals surface area contributed by atoms with E-state index in [0.717, 1.165) is 4.47 Å². The number of thiocarbonyl (C=S) groups is 1. The van der Waals surface area contributed by atoms with Gasteiger partial charge in [0.05, 0.1) is 11.8 Å². The highest BCUT2D eigenvalue weighted by Gasteiger charge is 2.08. The van der Waals surface area contributed by atoms with Crippen LogP contribution in [0.1, 0.15) is 5.56 Å². The molecule has 0 spiro atoms. The van der Waals surface area contributed by atoms with Gasteiger partial charge in [-0.25, -0.2) is 4.98 Å². The Hall–Kier alpha value is -1.53. The number of nitrogens with two attached hydrogens (primary N) is 1. The topological polar surface area (TPSA) is 61.0 Å². The molecule has 2 N–H and O–H groups in total. The normalized spacial score (nSPS) is 9.94. The first-order chi connectivity index (χ1) is 8.16. The smallest absolute Gasteiger partial charge is 0.229 e. The maximum absolute atomic E-state index is 5.58. The van der Waals surface area contributed by atoms with Gasteiger partial charge in [0.15, 0.2) is 0 Å². The third-order valence-electron chi connectivity index (χ3n) is 1.93. The highest BCUT2D eigenvalue weighted by atomic mass is 79.9. The van der Waals surface area contributed by atoms with Crippen molar-refractivity contribution in [3.05, 3.63) is 46.8 Å². The molecule has 0 unspecified atom stereocenters. The molecule has 0 saturated heterocycles. The van der Waals surface area contributed by atoms with Crippen LogP contribution in [0.15, 0.2) is 41.3 Å². The molecule has 0 bridgehead atoms. The van der Waals surface area contributed by atoms with Gasteiger partial charge in [-0.15, -0.1) is 0 Å². The molecule has 0 atom stereocenters. The lowest BCUT2D eigenvalue weighted by Gasteiger charge is -2.08. The largest absolute Gasteiger partial charge is 0.437 e. The van der Waals surface area contributed by atoms with E-state index in [4.69, 9.17) is 22.7 Å². The molecular formula is C11H8BrN3OS. The van der Waals surface area contributed by atoms with E-state index < -0.39 is 0 Å². The zero-order chi connectivity index (χ0) is 12.3. The summed E-state index contributed by atoms with van der Waals surface area (Å²) in [4.78, 5) is 8.33. The number of hydrogen-bond acceptors (Lipinski definition) is 4. The Morgan fingerprint density at radius 1 is 1.41 bits per heavy atom. The first-order valence-corrected chi connectivity index (χ1v) is 5.90. The summed E-state index contributed by atoms with van der Waals surface area (Å²) in [6.45, 7) is 0. The minimum atomic E-state index is 0.246. The van der Waals surface area contributed by atoms with Crippen LogP contribution in [0.2, 0.25) is 0 Å². The maximum atomic E-state index is 5.58. The van der Waals surface area contributed by atoms with Crippen LogP contribution in [-0.2, 0) is 0 Å². The Balaban J connectivity index is 2.33. The number of rotatable bonds is 3. The number of pyridine rings is 2. The van der Waals surface area contributed by atoms with E-state index in [-0.39, 0.29) is 4.99 Å². The van der Waals surface area contributed by atoms with Crippen LogP contribution in [0.4, 0.5) is 0 Å². The third kappa shape index (κ3) is 2.98. The van der Waals surface area contributed by atoms with Gasteiger partial charge in [0.2, 0.25) is 5.88 Å². The monoisotopic (exact) mass is 309 g/mol. The van der Waals surface area contributed by atoms with E-state index in [1.165, 1.54) is 0 Å². The van der Waals surface area contributed by atoms with Crippen molar-refractivity contribution >= 4 is 33.1 Å². The molecule has 86 valence electrons. The van der Waals surface area contributed by atoms with Crippen LogP contribution in [-0.4, -0.2) is 15.0 Å². The lowest BCUT2D eigenvalue weighted by molar-refractivity contribution is 0.459. The number of ether oxygens (including phenoxy) is 1. The van der Waals surface area contributed by atoms with Crippen molar-refractivity contribution in [2.75, 3.05) is 0 Å². The van der Waals surface area contributed by atoms with Gasteiger partial charge in [-0.2, -0.15) is 0 Å². The molecule has 0 saturated carbocycles. The van der Waals surface area contributed by atoms with Crippen molar-refractivity contribution in [1.82, 2.24) is 9.97 Å². The van der Waals surface area contributed by atoms with Crippen molar-refractivity contribution in [2.45, 2.75) is 0 Å². The van der Waals surface area contributed by atoms with Gasteiger partial charge in [0.1, 0.15) is 10.7 Å². The summed E-state index contributed by atoms with van der Waals surface area (Å²) in [5.74, 6) is 0.940. The zero-order valence-electron chi connectivity index (χ0n) is 8.63. The average Bonchev–Trinajstić information content (AvgIpc) is 2.29. The quantitative estimate of drug-likeness (QED) is 0.883. The first-order valence-electron chi connectivity index (χ1n) is 4.70. The van der Waals surface area contributed by atoms with Crippen molar-refractivity contribution in [1.29, 1.82) is 0 Å². The van der Waals surface area contributed by atoms with E-state index in [0.29, 0.717) is 17.2 Å². The number of halogens is 1. The van der Waals surface area contributed by atoms with Crippen molar-refractivity contribution in [2.24, 2.45) is 5.73 Å². The van der Waals surface area contributed by atoms with E-state index in [1.54, 1.807) is 36.8 Å². The van der Waals surface area contributed by atoms with Gasteiger partial charge in [0.25, 0.3) is 0 Å². The molecule has 17 heavy (non-hydrogen) atoms. The lowest BCUT2D eigenvalue weighted by atomic mass is 10.3. The second-order valence-corrected chi connectivity index (χ2v) is 4.52. The molecule has 0 radical (unpaired) electrons. The third-order valence-corrected chi connectivity index (χ3v) is 2.58. The van der Waals surface area contributed by atoms with E-state index in [2.05, 4.69) is 25.9 Å². The first kappa shape index (κ1) is 11.9. The summed E-state index contributed by atoms with van der Waals surface area (Å²) in [6, 6.07) is 5.29. The molecule has 4 nitrogen and oxygen atoms in total. The second kappa shape index (κ2) is 5.20. The van der Waals surface area contributed by atoms with E-state index in [9.17, 15) is 0 Å². The minimum absolute atomic E-state index is 0.246. The molecule has 2 heterocycles. The predicted octanol–water partition coefficient (Wildman–Crippen LogP) is 2.67. The summed E-state index contributed by atoms with van der Waals surface area (Å²) >= 11 is 8.23. The van der Waals surface area contributed by atoms with Crippen LogP contribution in [0.25, 0.3) is 0 Å². The summed E-state index contributed by atoms with van der Waals surface area (Å²) in [6.07, 6.45) is 4.87. The Labute approximate surface area is 112 Å². The van der Waals surface area contributed by atoms with Gasteiger partial charge in [0, 0.05) is 16.9 Å². The molecule has 0 amide bonds. The summed E-state index contributed by atoms with van der Waals surface area (Å²) in [5, 5.41) is 0. The van der Waals surface area contributed by atoms with Crippen LogP contribution >= 0.6 is 28.1 Å². The molecule has 2 aromatic rings. The van der Waals surface area contributed by atoms with Gasteiger partial charge >= 0.3 is 0 Å². The van der Waals surface area contributed by atoms with Gasteiger partial charge in [-0.05, 0) is 34.1 Å². The van der Waals surface area contributed by atoms with E-state index >= 15 is 0 Å². The van der Waals surface area contributed by atoms with Crippen molar-refractivity contribution in [3.63, 3.8) is 0 Å². The van der Waals surface area contributed by atoms with Gasteiger partial charge in [-0.1, -0.05) is 12.2 Å². The van der Waals surface area contributed by atoms with Crippen LogP contribution in [0, 0.1) is 0 Å². The molecule has 0 aromatic carbocycles. The fourth-order valence-corrected chi connectivity index (χ4v) is 1.72. The Morgan fingerprint density at radius 2 is 2.24 bits per heavy atom. The summed E-state index contributed by atoms with van der Waals surface area (Å²) in [7, 11) is 0. The Kier molecular flexibility index (Phi) is 3.65. The molecule has 0 aliphatic carbocycles. The lowest BCUT2D eigenvalue weighted by Crippen LogP contribution is -2.11. The molecule has 6 heteroatoms. The Bertz CT molecular complexity index is 562. The van der Waals surface area contributed by atoms with Crippen LogP contribution in [0.5, 0.6) is 11.6 Å². The van der Waals surface area contributed by atoms with Crippen LogP contribution < -0.4 is 10.5 Å². The number of hydrogen-bond donors (Lipinski definition) is 1. The maximum Gasteiger partial charge on any atom is 0.229 e. The highest BCUT2D eigenvalue weighted by molar-refractivity contribution is 9.10. The summed E-state index contributed by atoms with van der Waals surface area (Å²) in [5.41, 5.74) is 6.18. The molecule has 0 aliphatic rings. The van der Waals surface area contributed by atoms with Gasteiger partial charge in [-0.3, -0.25) is 4.98 Å². The number of nitrogens with zero attached hydrogens (tertiary/aromatic N) is 2.